The molecule has 1 rings (SSSR count). The van der Waals surface area contributed by atoms with Crippen LogP contribution in [0.15, 0.2) is 0 Å². The number of rotatable bonds is 5. The van der Waals surface area contributed by atoms with Gasteiger partial charge in [0.1, 0.15) is 0 Å². The van der Waals surface area contributed by atoms with E-state index in [0.717, 1.165) is 32.2 Å². The molecule has 4 nitrogen and oxygen atoms in total. The topological polar surface area (TPSA) is 73.3 Å². The highest BCUT2D eigenvalue weighted by Crippen LogP contribution is 2.22. The molecular weight excluding hydrogens is 190 g/mol. The number of aliphatic hydroxyl groups excluding tert-OH is 1. The monoisotopic (exact) mass is 213 g/mol. The lowest BCUT2D eigenvalue weighted by atomic mass is 9.91. The molecule has 4 N–H and O–H groups in total. The van der Waals surface area contributed by atoms with Gasteiger partial charge in [-0.2, -0.15) is 0 Å². The van der Waals surface area contributed by atoms with Crippen LogP contribution in [0.4, 0.5) is 0 Å². The second kappa shape index (κ2) is 6.08. The second-order valence-electron chi connectivity index (χ2n) is 4.53. The van der Waals surface area contributed by atoms with Crippen molar-refractivity contribution in [3.05, 3.63) is 0 Å². The van der Waals surface area contributed by atoms with Crippen molar-refractivity contribution in [1.82, 2.24) is 4.90 Å². The van der Waals surface area contributed by atoms with Crippen LogP contribution in [-0.4, -0.2) is 41.6 Å². The van der Waals surface area contributed by atoms with Gasteiger partial charge in [-0.1, -0.05) is 12.8 Å². The van der Waals surface area contributed by atoms with Gasteiger partial charge in [-0.05, 0) is 32.9 Å². The summed E-state index contributed by atoms with van der Waals surface area (Å²) in [5, 5.41) is 17.0. The Balaban J connectivity index is 2.25. The number of hydrogen-bond acceptors (Lipinski definition) is 3. The van der Waals surface area contributed by atoms with Crippen molar-refractivity contribution in [2.75, 3.05) is 13.6 Å². The highest BCUT2D eigenvalue weighted by atomic mass is 16.3. The van der Waals surface area contributed by atoms with Gasteiger partial charge in [-0.25, -0.2) is 0 Å². The molecule has 0 bridgehead atoms. The normalized spacial score (nSPS) is 26.9. The summed E-state index contributed by atoms with van der Waals surface area (Å²) in [6.07, 6.45) is 5.81. The van der Waals surface area contributed by atoms with Crippen molar-refractivity contribution in [3.8, 4) is 0 Å². The third kappa shape index (κ3) is 4.18. The molecule has 0 saturated heterocycles. The van der Waals surface area contributed by atoms with Crippen molar-refractivity contribution < 1.29 is 5.11 Å². The van der Waals surface area contributed by atoms with E-state index in [2.05, 4.69) is 11.9 Å². The van der Waals surface area contributed by atoms with Crippen LogP contribution in [0.3, 0.4) is 0 Å². The van der Waals surface area contributed by atoms with Gasteiger partial charge in [0.15, 0.2) is 0 Å². The van der Waals surface area contributed by atoms with Gasteiger partial charge in [-0.15, -0.1) is 0 Å². The molecule has 0 aliphatic heterocycles. The second-order valence-corrected chi connectivity index (χ2v) is 4.53. The van der Waals surface area contributed by atoms with Gasteiger partial charge in [0.25, 0.3) is 0 Å². The zero-order valence-corrected chi connectivity index (χ0v) is 9.58. The van der Waals surface area contributed by atoms with Crippen LogP contribution >= 0.6 is 0 Å². The smallest absolute Gasteiger partial charge is 0.0905 e. The van der Waals surface area contributed by atoms with E-state index in [1.54, 1.807) is 0 Å². The Hall–Kier alpha value is -0.610. The molecule has 1 saturated carbocycles. The molecule has 88 valence electrons. The van der Waals surface area contributed by atoms with Gasteiger partial charge >= 0.3 is 0 Å². The molecule has 1 fully saturated rings. The molecule has 2 atom stereocenters. The predicted octanol–water partition coefficient (Wildman–Crippen LogP) is 0.938. The summed E-state index contributed by atoms with van der Waals surface area (Å²) < 4.78 is 0. The first-order valence-corrected chi connectivity index (χ1v) is 5.82. The fourth-order valence-electron chi connectivity index (χ4n) is 2.29. The molecule has 0 radical (unpaired) electrons. The summed E-state index contributed by atoms with van der Waals surface area (Å²) in [6, 6.07) is 0.311. The van der Waals surface area contributed by atoms with Gasteiger partial charge in [-0.3, -0.25) is 5.41 Å². The van der Waals surface area contributed by atoms with E-state index in [1.165, 1.54) is 6.42 Å². The molecule has 0 aromatic heterocycles. The molecule has 2 unspecified atom stereocenters. The summed E-state index contributed by atoms with van der Waals surface area (Å²) in [5.41, 5.74) is 5.30. The highest BCUT2D eigenvalue weighted by Gasteiger charge is 2.25. The first kappa shape index (κ1) is 12.5. The minimum atomic E-state index is -0.166. The van der Waals surface area contributed by atoms with E-state index in [9.17, 15) is 5.11 Å². The van der Waals surface area contributed by atoms with Crippen LogP contribution in [0.5, 0.6) is 0 Å². The molecule has 1 aliphatic carbocycles. The maximum atomic E-state index is 9.84. The van der Waals surface area contributed by atoms with Gasteiger partial charge in [0.2, 0.25) is 0 Å². The van der Waals surface area contributed by atoms with Crippen LogP contribution in [0.2, 0.25) is 0 Å². The zero-order chi connectivity index (χ0) is 11.3. The molecule has 0 aromatic rings. The summed E-state index contributed by atoms with van der Waals surface area (Å²) in [4.78, 5) is 2.22. The third-order valence-electron chi connectivity index (χ3n) is 3.22. The summed E-state index contributed by atoms with van der Waals surface area (Å²) >= 11 is 0. The van der Waals surface area contributed by atoms with Crippen molar-refractivity contribution in [1.29, 1.82) is 5.41 Å². The summed E-state index contributed by atoms with van der Waals surface area (Å²) in [7, 11) is 2.05. The lowest BCUT2D eigenvalue weighted by molar-refractivity contribution is 0.0320. The summed E-state index contributed by atoms with van der Waals surface area (Å²) in [5.74, 6) is 0.257. The lowest BCUT2D eigenvalue weighted by Crippen LogP contribution is -2.43. The van der Waals surface area contributed by atoms with E-state index in [4.69, 9.17) is 11.1 Å². The van der Waals surface area contributed by atoms with Crippen LogP contribution < -0.4 is 5.73 Å². The first-order chi connectivity index (χ1) is 7.11. The van der Waals surface area contributed by atoms with Crippen LogP contribution in [0.1, 0.15) is 38.5 Å². The number of nitrogens with zero attached hydrogens (tertiary/aromatic N) is 1. The molecule has 15 heavy (non-hydrogen) atoms. The Morgan fingerprint density at radius 3 is 2.73 bits per heavy atom. The Morgan fingerprint density at radius 1 is 1.47 bits per heavy atom. The Morgan fingerprint density at radius 2 is 2.13 bits per heavy atom. The molecular formula is C11H23N3O. The van der Waals surface area contributed by atoms with E-state index < -0.39 is 0 Å². The first-order valence-electron chi connectivity index (χ1n) is 5.82. The zero-order valence-electron chi connectivity index (χ0n) is 9.58. The third-order valence-corrected chi connectivity index (χ3v) is 3.22. The minimum Gasteiger partial charge on any atom is -0.391 e. The van der Waals surface area contributed by atoms with Crippen molar-refractivity contribution >= 4 is 5.84 Å². The molecule has 0 spiro atoms. The van der Waals surface area contributed by atoms with Crippen LogP contribution in [-0.2, 0) is 0 Å². The largest absolute Gasteiger partial charge is 0.391 e. The lowest BCUT2D eigenvalue weighted by Gasteiger charge is -2.35. The van der Waals surface area contributed by atoms with Crippen molar-refractivity contribution in [2.24, 2.45) is 5.73 Å². The number of nitrogens with two attached hydrogens (primary N) is 1. The molecule has 0 aromatic carbocycles. The fourth-order valence-corrected chi connectivity index (χ4v) is 2.29. The number of likely N-dealkylation sites (N-methyl/N-ethyl adjacent to an activating group) is 1. The average molecular weight is 213 g/mol. The van der Waals surface area contributed by atoms with Crippen LogP contribution in [0.25, 0.3) is 0 Å². The van der Waals surface area contributed by atoms with Crippen molar-refractivity contribution in [3.63, 3.8) is 0 Å². The fraction of sp³-hybridized carbons (Fsp3) is 0.909. The van der Waals surface area contributed by atoms with E-state index in [1.807, 2.05) is 0 Å². The maximum absolute atomic E-state index is 9.84. The number of hydrogen-bond donors (Lipinski definition) is 3. The number of aliphatic hydroxyl groups is 1. The molecule has 0 heterocycles. The average Bonchev–Trinajstić information content (AvgIpc) is 2.17. The molecule has 0 amide bonds. The predicted molar refractivity (Wildman–Crippen MR) is 62.0 cm³/mol. The summed E-state index contributed by atoms with van der Waals surface area (Å²) in [6.45, 7) is 0.918. The van der Waals surface area contributed by atoms with Gasteiger partial charge in [0, 0.05) is 12.5 Å². The SMILES string of the molecule is CN(CCCC(=N)N)C1CCCCC1O. The maximum Gasteiger partial charge on any atom is 0.0905 e. The highest BCUT2D eigenvalue weighted by molar-refractivity contribution is 5.76. The van der Waals surface area contributed by atoms with Gasteiger partial charge in [0.05, 0.1) is 11.9 Å². The standard InChI is InChI=1S/C11H23N3O/c1-14(8-4-7-11(12)13)9-5-2-3-6-10(9)15/h9-10,15H,2-8H2,1H3,(H3,12,13). The molecule has 1 aliphatic rings. The number of amidine groups is 1. The Kier molecular flexibility index (Phi) is 5.05. The quantitative estimate of drug-likeness (QED) is 0.470. The van der Waals surface area contributed by atoms with Crippen LogP contribution in [0, 0.1) is 5.41 Å². The van der Waals surface area contributed by atoms with Crippen molar-refractivity contribution in [2.45, 2.75) is 50.7 Å². The molecule has 4 heteroatoms. The Labute approximate surface area is 92.0 Å². The minimum absolute atomic E-state index is 0.166. The van der Waals surface area contributed by atoms with Gasteiger partial charge < -0.3 is 15.7 Å². The van der Waals surface area contributed by atoms with E-state index >= 15 is 0 Å². The van der Waals surface area contributed by atoms with E-state index in [0.29, 0.717) is 12.5 Å². The Bertz CT molecular complexity index is 208. The number of nitrogens with one attached hydrogen (secondary N) is 1. The van der Waals surface area contributed by atoms with E-state index in [-0.39, 0.29) is 11.9 Å².